The van der Waals surface area contributed by atoms with E-state index in [1.165, 1.54) is 35.7 Å². The van der Waals surface area contributed by atoms with Crippen molar-refractivity contribution < 1.29 is 61.8 Å². The molecule has 0 bridgehead atoms. The lowest BCUT2D eigenvalue weighted by Crippen LogP contribution is -2.71. The predicted octanol–water partition coefficient (Wildman–Crippen LogP) is 1.27. The molecule has 1 aromatic heterocycles. The van der Waals surface area contributed by atoms with E-state index in [9.17, 15) is 33.6 Å². The van der Waals surface area contributed by atoms with Gasteiger partial charge in [0.25, 0.3) is 17.8 Å². The quantitative estimate of drug-likeness (QED) is 0.0784. The number of benzene rings is 1. The van der Waals surface area contributed by atoms with Crippen molar-refractivity contribution in [3.8, 4) is 11.5 Å². The fourth-order valence-corrected chi connectivity index (χ4v) is 5.83. The third-order valence-corrected chi connectivity index (χ3v) is 7.82. The second-order valence-electron chi connectivity index (χ2n) is 11.7. The molecule has 1 fully saturated rings. The molecule has 2 atom stereocenters. The number of β-lactam (4-membered cyclic amide) rings is 1. The van der Waals surface area contributed by atoms with Gasteiger partial charge in [-0.15, -0.1) is 11.8 Å². The molecule has 1 saturated heterocycles. The minimum atomic E-state index is -1.15. The molecule has 0 aliphatic carbocycles. The number of Topliss-reactive ketones (excluding diaryl/α,β-unsaturated/α-hetero) is 1. The number of rotatable bonds is 12. The van der Waals surface area contributed by atoms with E-state index in [0.29, 0.717) is 5.57 Å². The maximum Gasteiger partial charge on any atom is 0.355 e. The van der Waals surface area contributed by atoms with Crippen molar-refractivity contribution >= 4 is 65.0 Å². The number of hydrogen-bond acceptors (Lipinski definition) is 17. The first-order valence-electron chi connectivity index (χ1n) is 14.7. The van der Waals surface area contributed by atoms with E-state index in [-0.39, 0.29) is 46.8 Å². The fourth-order valence-electron chi connectivity index (χ4n) is 4.50. The zero-order valence-corrected chi connectivity index (χ0v) is 28.5. The normalized spacial score (nSPS) is 17.2. The highest BCUT2D eigenvalue weighted by molar-refractivity contribution is 8.00. The lowest BCUT2D eigenvalue weighted by Gasteiger charge is -2.49. The van der Waals surface area contributed by atoms with Crippen LogP contribution in [0.15, 0.2) is 45.3 Å². The number of ether oxygens (including phenoxy) is 4. The average molecular weight is 716 g/mol. The third kappa shape index (κ3) is 9.04. The number of ketones is 1. The van der Waals surface area contributed by atoms with E-state index in [2.05, 4.69) is 15.5 Å². The van der Waals surface area contributed by atoms with E-state index in [1.54, 1.807) is 20.8 Å². The number of nitrogens with zero attached hydrogens (tertiary/aromatic N) is 3. The second kappa shape index (κ2) is 15.2. The molecular weight excluding hydrogens is 682 g/mol. The van der Waals surface area contributed by atoms with Crippen molar-refractivity contribution in [3.63, 3.8) is 0 Å². The number of carbonyl (C=O) groups excluding carboxylic acids is 7. The Labute approximate surface area is 288 Å². The van der Waals surface area contributed by atoms with E-state index >= 15 is 0 Å². The number of esters is 4. The first kappa shape index (κ1) is 37.1. The standard InChI is InChI=1S/C31H33N5O13S/c1-14(37)44-10-18-13-50-28-24(27(42)36(28)25(18)29(43)49-31(4,5)6)34-26(41)23(19-11-45-30(32)33-19)35-46-12-20(40)17-7-8-21(47-15(2)38)22(9-17)48-16(3)39/h7-9,11,24,28H,10,12-13H2,1-6H3,(H2,32,33)(H,34,41)/b35-23-/t24-,28+/m0/s1. The number of anilines is 1. The van der Waals surface area contributed by atoms with Gasteiger partial charge in [-0.05, 0) is 39.0 Å². The highest BCUT2D eigenvalue weighted by atomic mass is 32.2. The summed E-state index contributed by atoms with van der Waals surface area (Å²) in [6, 6.07) is 2.24. The smallest absolute Gasteiger partial charge is 0.355 e. The number of hydrogen-bond donors (Lipinski definition) is 2. The van der Waals surface area contributed by atoms with Crippen molar-refractivity contribution in [2.45, 2.75) is 58.6 Å². The number of oxime groups is 1. The van der Waals surface area contributed by atoms with Crippen molar-refractivity contribution in [3.05, 3.63) is 47.0 Å². The summed E-state index contributed by atoms with van der Waals surface area (Å²) >= 11 is 1.21. The molecule has 18 nitrogen and oxygen atoms in total. The highest BCUT2D eigenvalue weighted by Crippen LogP contribution is 2.41. The number of nitrogens with one attached hydrogen (secondary N) is 1. The van der Waals surface area contributed by atoms with Gasteiger partial charge in [0.2, 0.25) is 5.78 Å². The molecule has 3 heterocycles. The molecule has 2 amide bonds. The van der Waals surface area contributed by atoms with Gasteiger partial charge in [-0.3, -0.25) is 33.7 Å². The van der Waals surface area contributed by atoms with Gasteiger partial charge in [0.05, 0.1) is 0 Å². The van der Waals surface area contributed by atoms with Crippen LogP contribution in [0.3, 0.4) is 0 Å². The van der Waals surface area contributed by atoms with Crippen LogP contribution >= 0.6 is 11.8 Å². The van der Waals surface area contributed by atoms with Crippen LogP contribution in [-0.2, 0) is 43.1 Å². The Hall–Kier alpha value is -5.72. The molecular formula is C31H33N5O13S. The number of aromatic nitrogens is 1. The topological polar surface area (TPSA) is 245 Å². The van der Waals surface area contributed by atoms with Crippen LogP contribution in [0.1, 0.15) is 57.6 Å². The summed E-state index contributed by atoms with van der Waals surface area (Å²) in [7, 11) is 0. The molecule has 0 saturated carbocycles. The highest BCUT2D eigenvalue weighted by Gasteiger charge is 2.55. The molecule has 1 aromatic carbocycles. The lowest BCUT2D eigenvalue weighted by molar-refractivity contribution is -0.159. The van der Waals surface area contributed by atoms with Crippen LogP contribution in [0.25, 0.3) is 0 Å². The summed E-state index contributed by atoms with van der Waals surface area (Å²) in [5.74, 6) is -5.20. The summed E-state index contributed by atoms with van der Waals surface area (Å²) in [5, 5.41) is 5.56. The molecule has 0 spiro atoms. The zero-order chi connectivity index (χ0) is 36.9. The number of fused-ring (bicyclic) bond motifs is 1. The largest absolute Gasteiger partial charge is 0.461 e. The van der Waals surface area contributed by atoms with Crippen LogP contribution < -0.4 is 20.5 Å². The molecule has 2 aromatic rings. The molecule has 19 heteroatoms. The molecule has 50 heavy (non-hydrogen) atoms. The Bertz CT molecular complexity index is 1810. The van der Waals surface area contributed by atoms with Crippen molar-refractivity contribution in [2.75, 3.05) is 24.7 Å². The Balaban J connectivity index is 1.52. The minimum absolute atomic E-state index is 0.0135. The lowest BCUT2D eigenvalue weighted by atomic mass is 10.0. The maximum absolute atomic E-state index is 13.5. The summed E-state index contributed by atoms with van der Waals surface area (Å²) in [5.41, 5.74) is 4.25. The SMILES string of the molecule is CC(=O)OCC1=C(C(=O)OC(C)(C)C)N2C(=O)[C@H](NC(=O)/C(=N\OCC(=O)c3ccc(OC(C)=O)c(OC(C)=O)c3)c3coc(N)n3)[C@H]2SC1. The number of carbonyl (C=O) groups is 7. The number of amides is 2. The van der Waals surface area contributed by atoms with Crippen LogP contribution in [0.5, 0.6) is 11.5 Å². The Kier molecular flexibility index (Phi) is 11.3. The number of thioether (sulfide) groups is 1. The second-order valence-corrected chi connectivity index (χ2v) is 12.8. The van der Waals surface area contributed by atoms with E-state index in [1.807, 2.05) is 0 Å². The van der Waals surface area contributed by atoms with Gasteiger partial charge in [0.15, 0.2) is 23.8 Å². The minimum Gasteiger partial charge on any atom is -0.461 e. The van der Waals surface area contributed by atoms with E-state index in [4.69, 9.17) is 33.9 Å². The average Bonchev–Trinajstić information content (AvgIpc) is 3.45. The van der Waals surface area contributed by atoms with E-state index < -0.39 is 70.8 Å². The monoisotopic (exact) mass is 715 g/mol. The maximum atomic E-state index is 13.5. The molecule has 0 radical (unpaired) electrons. The molecule has 2 aliphatic heterocycles. The Morgan fingerprint density at radius 3 is 2.34 bits per heavy atom. The number of oxazole rings is 1. The van der Waals surface area contributed by atoms with Crippen LogP contribution in [0, 0.1) is 0 Å². The third-order valence-electron chi connectivity index (χ3n) is 6.48. The summed E-state index contributed by atoms with van der Waals surface area (Å²) in [4.78, 5) is 97.6. The number of nitrogen functional groups attached to an aromatic ring is 1. The van der Waals surface area contributed by atoms with Crippen molar-refractivity contribution in [1.29, 1.82) is 0 Å². The first-order valence-corrected chi connectivity index (χ1v) is 15.8. The van der Waals surface area contributed by atoms with Crippen LogP contribution in [0.2, 0.25) is 0 Å². The molecule has 2 aliphatic rings. The predicted molar refractivity (Wildman–Crippen MR) is 171 cm³/mol. The van der Waals surface area contributed by atoms with E-state index in [0.717, 1.165) is 26.2 Å². The molecule has 4 rings (SSSR count). The first-order chi connectivity index (χ1) is 23.4. The summed E-state index contributed by atoms with van der Waals surface area (Å²) in [6.07, 6.45) is 1.01. The van der Waals surface area contributed by atoms with Crippen molar-refractivity contribution in [1.82, 2.24) is 15.2 Å². The van der Waals surface area contributed by atoms with Gasteiger partial charge in [0, 0.05) is 37.7 Å². The van der Waals surface area contributed by atoms with Gasteiger partial charge in [-0.1, -0.05) is 5.16 Å². The van der Waals surface area contributed by atoms with Gasteiger partial charge in [-0.2, -0.15) is 4.98 Å². The molecule has 0 unspecified atom stereocenters. The van der Waals surface area contributed by atoms with Crippen molar-refractivity contribution in [2.24, 2.45) is 5.16 Å². The summed E-state index contributed by atoms with van der Waals surface area (Å²) < 4.78 is 25.6. The Morgan fingerprint density at radius 1 is 1.06 bits per heavy atom. The number of nitrogens with two attached hydrogens (primary N) is 1. The molecule has 3 N–H and O–H groups in total. The van der Waals surface area contributed by atoms with Gasteiger partial charge >= 0.3 is 23.9 Å². The van der Waals surface area contributed by atoms with Gasteiger partial charge in [-0.25, -0.2) is 4.79 Å². The van der Waals surface area contributed by atoms with Gasteiger partial charge in [0.1, 0.15) is 41.3 Å². The van der Waals surface area contributed by atoms with Gasteiger partial charge < -0.3 is 39.3 Å². The van der Waals surface area contributed by atoms with Crippen LogP contribution in [-0.4, -0.2) is 93.1 Å². The molecule has 266 valence electrons. The zero-order valence-electron chi connectivity index (χ0n) is 27.7. The summed E-state index contributed by atoms with van der Waals surface area (Å²) in [6.45, 7) is 7.47. The van der Waals surface area contributed by atoms with Crippen LogP contribution in [0.4, 0.5) is 6.01 Å². The Morgan fingerprint density at radius 2 is 1.74 bits per heavy atom. The fraction of sp³-hybridized carbons (Fsp3) is 0.387.